The average Bonchev–Trinajstić information content (AvgIpc) is 3.91. The fraction of sp³-hybridized carbons (Fsp3) is 0.283. The maximum absolute atomic E-state index is 14.4. The van der Waals surface area contributed by atoms with Crippen LogP contribution >= 0.6 is 0 Å². The van der Waals surface area contributed by atoms with Crippen molar-refractivity contribution in [3.05, 3.63) is 155 Å². The van der Waals surface area contributed by atoms with E-state index < -0.39 is 12.0 Å². The van der Waals surface area contributed by atoms with Gasteiger partial charge in [-0.3, -0.25) is 4.79 Å². The fourth-order valence-corrected chi connectivity index (χ4v) is 8.48. The summed E-state index contributed by atoms with van der Waals surface area (Å²) in [4.78, 5) is 20.6. The van der Waals surface area contributed by atoms with Crippen LogP contribution in [0.5, 0.6) is 23.0 Å². The van der Waals surface area contributed by atoms with Gasteiger partial charge in [0, 0.05) is 54.5 Å². The number of hydrogen-bond acceptors (Lipinski definition) is 6. The first-order valence-electron chi connectivity index (χ1n) is 18.7. The molecule has 0 unspecified atom stereocenters. The number of aliphatic hydroxyl groups is 1. The van der Waals surface area contributed by atoms with Gasteiger partial charge >= 0.3 is 0 Å². The number of nitrogens with one attached hydrogen (secondary N) is 2. The van der Waals surface area contributed by atoms with Crippen molar-refractivity contribution in [2.75, 3.05) is 14.2 Å². The SMILES string of the molecule is CCc1ccc2ccccc2c1[C@H]1C=C[C@@H]([C@H](Cc2cc[nH]c2)[C@H](O)CC(=O)[C@H](Cc2cc[nH]c2)Cc2ccc(O)c(OC)c2)c2ccc(O)c(OC)c21. The number of carbonyl (C=O) groups excluding carboxylic acids is 1. The predicted octanol–water partition coefficient (Wildman–Crippen LogP) is 8.55. The second-order valence-corrected chi connectivity index (χ2v) is 14.4. The molecule has 8 heteroatoms. The third-order valence-electron chi connectivity index (χ3n) is 11.2. The van der Waals surface area contributed by atoms with Gasteiger partial charge in [-0.2, -0.15) is 0 Å². The number of hydrogen-bond donors (Lipinski definition) is 5. The van der Waals surface area contributed by atoms with Crippen molar-refractivity contribution in [3.8, 4) is 23.0 Å². The molecule has 7 rings (SSSR count). The molecule has 0 aliphatic heterocycles. The molecule has 0 saturated carbocycles. The molecule has 1 aliphatic carbocycles. The van der Waals surface area contributed by atoms with Gasteiger partial charge in [-0.1, -0.05) is 67.6 Å². The van der Waals surface area contributed by atoms with Crippen LogP contribution in [-0.4, -0.2) is 51.4 Å². The van der Waals surface area contributed by atoms with Crippen molar-refractivity contribution in [2.45, 2.75) is 57.0 Å². The highest BCUT2D eigenvalue weighted by Crippen LogP contribution is 2.51. The second-order valence-electron chi connectivity index (χ2n) is 14.4. The fourth-order valence-electron chi connectivity index (χ4n) is 8.48. The number of ether oxygens (including phenoxy) is 2. The van der Waals surface area contributed by atoms with E-state index >= 15 is 0 Å². The predicted molar refractivity (Wildman–Crippen MR) is 212 cm³/mol. The largest absolute Gasteiger partial charge is 0.504 e. The van der Waals surface area contributed by atoms with Crippen LogP contribution in [0.25, 0.3) is 10.8 Å². The monoisotopic (exact) mass is 724 g/mol. The Bertz CT molecular complexity index is 2240. The number of H-pyrrole nitrogens is 2. The van der Waals surface area contributed by atoms with Crippen LogP contribution in [0.1, 0.15) is 64.1 Å². The number of aryl methyl sites for hydroxylation is 1. The number of phenolic OH excluding ortho intramolecular Hbond substituents is 2. The zero-order valence-electron chi connectivity index (χ0n) is 31.0. The van der Waals surface area contributed by atoms with Gasteiger partial charge in [0.2, 0.25) is 0 Å². The minimum Gasteiger partial charge on any atom is -0.504 e. The number of phenols is 2. The second kappa shape index (κ2) is 16.1. The first-order chi connectivity index (χ1) is 26.3. The summed E-state index contributed by atoms with van der Waals surface area (Å²) in [6.45, 7) is 2.16. The van der Waals surface area contributed by atoms with Gasteiger partial charge in [-0.25, -0.2) is 0 Å². The minimum atomic E-state index is -0.988. The zero-order valence-corrected chi connectivity index (χ0v) is 31.0. The molecule has 5 atom stereocenters. The Morgan fingerprint density at radius 1 is 0.778 bits per heavy atom. The molecule has 2 aromatic heterocycles. The molecule has 0 radical (unpaired) electrons. The molecule has 5 N–H and O–H groups in total. The van der Waals surface area contributed by atoms with Crippen molar-refractivity contribution >= 4 is 16.6 Å². The zero-order chi connectivity index (χ0) is 37.8. The number of Topliss-reactive ketones (excluding diaryl/α,β-unsaturated/α-hetero) is 1. The van der Waals surface area contributed by atoms with E-state index in [9.17, 15) is 20.1 Å². The maximum atomic E-state index is 14.4. The number of allylic oxidation sites excluding steroid dienone is 2. The number of rotatable bonds is 15. The van der Waals surface area contributed by atoms with Crippen LogP contribution in [0.3, 0.4) is 0 Å². The van der Waals surface area contributed by atoms with E-state index in [0.717, 1.165) is 45.0 Å². The van der Waals surface area contributed by atoms with Gasteiger partial charge in [-0.15, -0.1) is 0 Å². The van der Waals surface area contributed by atoms with Crippen LogP contribution in [0.2, 0.25) is 0 Å². The molecular weight excluding hydrogens is 677 g/mol. The number of fused-ring (bicyclic) bond motifs is 2. The molecule has 54 heavy (non-hydrogen) atoms. The molecule has 0 amide bonds. The molecule has 0 spiro atoms. The normalized spacial score (nSPS) is 16.8. The molecule has 278 valence electrons. The third kappa shape index (κ3) is 7.39. The maximum Gasteiger partial charge on any atom is 0.164 e. The van der Waals surface area contributed by atoms with Crippen molar-refractivity contribution in [2.24, 2.45) is 11.8 Å². The van der Waals surface area contributed by atoms with Crippen molar-refractivity contribution in [3.63, 3.8) is 0 Å². The minimum absolute atomic E-state index is 0.0390. The van der Waals surface area contributed by atoms with Gasteiger partial charge in [-0.05, 0) is 106 Å². The van der Waals surface area contributed by atoms with Crippen LogP contribution in [0.15, 0.2) is 116 Å². The van der Waals surface area contributed by atoms with Gasteiger partial charge in [0.1, 0.15) is 5.78 Å². The highest BCUT2D eigenvalue weighted by molar-refractivity contribution is 5.88. The number of carbonyl (C=O) groups is 1. The van der Waals surface area contributed by atoms with Crippen LogP contribution < -0.4 is 9.47 Å². The van der Waals surface area contributed by atoms with E-state index in [4.69, 9.17) is 9.47 Å². The van der Waals surface area contributed by atoms with E-state index in [1.54, 1.807) is 25.3 Å². The standard InChI is InChI=1S/C46H48N2O6/c1-4-31-10-11-32-7-5-6-8-34(32)44(31)37-13-12-35(36-14-16-40(50)46(54-3)45(36)37)38(23-30-18-20-48-27-30)42(52)25-41(51)33(22-29-17-19-47-26-29)21-28-9-15-39(49)43(24-28)53-2/h5-20,24,26-27,33,35,37-38,42,47-50,52H,4,21-23,25H2,1-3H3/t33-,35+,37+,38-,42+/m0/s1. The Hall–Kier alpha value is -5.73. The van der Waals surface area contributed by atoms with Gasteiger partial charge in [0.25, 0.3) is 0 Å². The Morgan fingerprint density at radius 2 is 1.50 bits per heavy atom. The first kappa shape index (κ1) is 36.6. The van der Waals surface area contributed by atoms with Crippen molar-refractivity contribution < 1.29 is 29.6 Å². The summed E-state index contributed by atoms with van der Waals surface area (Å²) in [5, 5.41) is 36.0. The Labute approximate surface area is 316 Å². The van der Waals surface area contributed by atoms with Crippen molar-refractivity contribution in [1.82, 2.24) is 9.97 Å². The summed E-state index contributed by atoms with van der Waals surface area (Å²) in [6.07, 6.45) is 13.2. The quantitative estimate of drug-likeness (QED) is 0.0676. The Balaban J connectivity index is 1.27. The third-order valence-corrected chi connectivity index (χ3v) is 11.2. The van der Waals surface area contributed by atoms with Crippen molar-refractivity contribution in [1.29, 1.82) is 0 Å². The molecule has 0 bridgehead atoms. The number of ketones is 1. The number of benzene rings is 4. The van der Waals surface area contributed by atoms with E-state index in [1.807, 2.05) is 55.1 Å². The molecule has 0 fully saturated rings. The summed E-state index contributed by atoms with van der Waals surface area (Å²) in [5.41, 5.74) is 7.11. The molecule has 0 saturated heterocycles. The summed E-state index contributed by atoms with van der Waals surface area (Å²) in [6, 6.07) is 25.5. The van der Waals surface area contributed by atoms with Gasteiger partial charge < -0.3 is 34.8 Å². The lowest BCUT2D eigenvalue weighted by Gasteiger charge is -2.36. The lowest BCUT2D eigenvalue weighted by molar-refractivity contribution is -0.125. The number of aromatic nitrogens is 2. The number of aromatic amines is 2. The van der Waals surface area contributed by atoms with Crippen LogP contribution in [-0.2, 0) is 30.5 Å². The average molecular weight is 725 g/mol. The lowest BCUT2D eigenvalue weighted by atomic mass is 9.69. The summed E-state index contributed by atoms with van der Waals surface area (Å²) >= 11 is 0. The summed E-state index contributed by atoms with van der Waals surface area (Å²) in [7, 11) is 3.09. The summed E-state index contributed by atoms with van der Waals surface area (Å²) < 4.78 is 11.3. The number of aromatic hydroxyl groups is 2. The molecule has 1 aliphatic rings. The van der Waals surface area contributed by atoms with Crippen LogP contribution in [0.4, 0.5) is 0 Å². The smallest absolute Gasteiger partial charge is 0.164 e. The Kier molecular flexibility index (Phi) is 10.9. The number of methoxy groups -OCH3 is 2. The number of aliphatic hydroxyl groups excluding tert-OH is 1. The highest BCUT2D eigenvalue weighted by Gasteiger charge is 2.38. The van der Waals surface area contributed by atoms with E-state index in [-0.39, 0.29) is 41.5 Å². The lowest BCUT2D eigenvalue weighted by Crippen LogP contribution is -2.34. The van der Waals surface area contributed by atoms with Gasteiger partial charge in [0.15, 0.2) is 23.0 Å². The Morgan fingerprint density at radius 3 is 2.20 bits per heavy atom. The molecular formula is C46H48N2O6. The van der Waals surface area contributed by atoms with E-state index in [1.165, 1.54) is 18.2 Å². The molecule has 6 aromatic rings. The highest BCUT2D eigenvalue weighted by atomic mass is 16.5. The first-order valence-corrected chi connectivity index (χ1v) is 18.7. The van der Waals surface area contributed by atoms with E-state index in [0.29, 0.717) is 30.8 Å². The van der Waals surface area contributed by atoms with Gasteiger partial charge in [0.05, 0.1) is 20.3 Å². The topological polar surface area (TPSA) is 128 Å². The molecule has 8 nitrogen and oxygen atoms in total. The summed E-state index contributed by atoms with van der Waals surface area (Å²) in [5.74, 6) is -0.469. The molecule has 2 heterocycles. The van der Waals surface area contributed by atoms with Crippen LogP contribution in [0, 0.1) is 11.8 Å². The van der Waals surface area contributed by atoms with E-state index in [2.05, 4.69) is 59.4 Å². The molecule has 4 aromatic carbocycles.